The van der Waals surface area contributed by atoms with Gasteiger partial charge in [0.15, 0.2) is 0 Å². The molecule has 0 bridgehead atoms. The molecule has 2 heterocycles. The lowest BCUT2D eigenvalue weighted by atomic mass is 10.00. The van der Waals surface area contributed by atoms with Gasteiger partial charge in [-0.25, -0.2) is 4.98 Å². The summed E-state index contributed by atoms with van der Waals surface area (Å²) in [5.74, 6) is 1.70. The first-order chi connectivity index (χ1) is 8.04. The van der Waals surface area contributed by atoms with E-state index in [4.69, 9.17) is 9.15 Å². The standard InChI is InChI=1S/C13H22N2O2/c1-8-5-12(6-9(2)16-8)14-7-13-15-10(3)11(4)17-13/h8-9,12,14H,5-7H2,1-4H3. The van der Waals surface area contributed by atoms with E-state index in [9.17, 15) is 0 Å². The Morgan fingerprint density at radius 1 is 1.24 bits per heavy atom. The van der Waals surface area contributed by atoms with E-state index in [2.05, 4.69) is 24.1 Å². The van der Waals surface area contributed by atoms with Crippen LogP contribution in [0.25, 0.3) is 0 Å². The molecule has 4 nitrogen and oxygen atoms in total. The quantitative estimate of drug-likeness (QED) is 0.878. The van der Waals surface area contributed by atoms with Crippen LogP contribution in [0, 0.1) is 13.8 Å². The maximum absolute atomic E-state index is 5.71. The molecule has 1 fully saturated rings. The van der Waals surface area contributed by atoms with E-state index in [0.29, 0.717) is 24.8 Å². The fraction of sp³-hybridized carbons (Fsp3) is 0.769. The second-order valence-electron chi connectivity index (χ2n) is 5.06. The third-order valence-corrected chi connectivity index (χ3v) is 3.31. The van der Waals surface area contributed by atoms with Crippen LogP contribution >= 0.6 is 0 Å². The first-order valence-corrected chi connectivity index (χ1v) is 6.36. The maximum Gasteiger partial charge on any atom is 0.208 e. The monoisotopic (exact) mass is 238 g/mol. The second-order valence-corrected chi connectivity index (χ2v) is 5.06. The third-order valence-electron chi connectivity index (χ3n) is 3.31. The Hall–Kier alpha value is -0.870. The van der Waals surface area contributed by atoms with Crippen molar-refractivity contribution in [2.45, 2.75) is 65.3 Å². The number of hydrogen-bond donors (Lipinski definition) is 1. The summed E-state index contributed by atoms with van der Waals surface area (Å²) in [6, 6.07) is 0.501. The molecular formula is C13H22N2O2. The summed E-state index contributed by atoms with van der Waals surface area (Å²) in [6.07, 6.45) is 2.79. The number of ether oxygens (including phenoxy) is 1. The van der Waals surface area contributed by atoms with Crippen molar-refractivity contribution in [2.75, 3.05) is 0 Å². The van der Waals surface area contributed by atoms with Gasteiger partial charge < -0.3 is 14.5 Å². The van der Waals surface area contributed by atoms with E-state index < -0.39 is 0 Å². The number of hydrogen-bond acceptors (Lipinski definition) is 4. The minimum atomic E-state index is 0.337. The molecule has 0 amide bonds. The van der Waals surface area contributed by atoms with Crippen LogP contribution in [-0.2, 0) is 11.3 Å². The molecule has 1 aliphatic heterocycles. The molecule has 1 N–H and O–H groups in total. The molecule has 1 aromatic heterocycles. The predicted molar refractivity (Wildman–Crippen MR) is 65.8 cm³/mol. The van der Waals surface area contributed by atoms with Gasteiger partial charge in [-0.1, -0.05) is 0 Å². The normalized spacial score (nSPS) is 29.5. The van der Waals surface area contributed by atoms with Gasteiger partial charge in [0, 0.05) is 6.04 Å². The average Bonchev–Trinajstić information content (AvgIpc) is 2.54. The molecule has 0 aromatic carbocycles. The smallest absolute Gasteiger partial charge is 0.208 e. The van der Waals surface area contributed by atoms with E-state index in [1.54, 1.807) is 0 Å². The molecular weight excluding hydrogens is 216 g/mol. The molecule has 96 valence electrons. The largest absolute Gasteiger partial charge is 0.444 e. The topological polar surface area (TPSA) is 47.3 Å². The number of nitrogens with one attached hydrogen (secondary N) is 1. The molecule has 0 aliphatic carbocycles. The summed E-state index contributed by atoms with van der Waals surface area (Å²) in [7, 11) is 0. The highest BCUT2D eigenvalue weighted by Gasteiger charge is 2.24. The molecule has 0 radical (unpaired) electrons. The van der Waals surface area contributed by atoms with E-state index in [1.807, 2.05) is 13.8 Å². The molecule has 2 rings (SSSR count). The van der Waals surface area contributed by atoms with Gasteiger partial charge in [0.25, 0.3) is 0 Å². The maximum atomic E-state index is 5.71. The van der Waals surface area contributed by atoms with Gasteiger partial charge in [-0.2, -0.15) is 0 Å². The van der Waals surface area contributed by atoms with Crippen LogP contribution in [0.5, 0.6) is 0 Å². The van der Waals surface area contributed by atoms with Crippen molar-refractivity contribution < 1.29 is 9.15 Å². The summed E-state index contributed by atoms with van der Waals surface area (Å²) in [5.41, 5.74) is 0.982. The molecule has 0 saturated carbocycles. The van der Waals surface area contributed by atoms with Crippen LogP contribution in [0.3, 0.4) is 0 Å². The highest BCUT2D eigenvalue weighted by molar-refractivity contribution is 5.05. The van der Waals surface area contributed by atoms with Crippen LogP contribution in [-0.4, -0.2) is 23.2 Å². The Labute approximate surface area is 103 Å². The molecule has 17 heavy (non-hydrogen) atoms. The molecule has 0 spiro atoms. The van der Waals surface area contributed by atoms with Crippen molar-refractivity contribution in [3.05, 3.63) is 17.3 Å². The Morgan fingerprint density at radius 2 is 1.88 bits per heavy atom. The van der Waals surface area contributed by atoms with Gasteiger partial charge >= 0.3 is 0 Å². The zero-order valence-corrected chi connectivity index (χ0v) is 11.1. The SMILES string of the molecule is Cc1nc(CNC2CC(C)OC(C)C2)oc1C. The second kappa shape index (κ2) is 5.19. The molecule has 1 aromatic rings. The van der Waals surface area contributed by atoms with Gasteiger partial charge in [-0.05, 0) is 40.5 Å². The summed E-state index contributed by atoms with van der Waals surface area (Å²) in [5, 5.41) is 3.50. The van der Waals surface area contributed by atoms with E-state index >= 15 is 0 Å². The predicted octanol–water partition coefficient (Wildman–Crippen LogP) is 2.34. The molecule has 1 saturated heterocycles. The summed E-state index contributed by atoms with van der Waals surface area (Å²) >= 11 is 0. The summed E-state index contributed by atoms with van der Waals surface area (Å²) in [6.45, 7) is 8.89. The molecule has 4 heteroatoms. The van der Waals surface area contributed by atoms with Crippen LogP contribution in [0.2, 0.25) is 0 Å². The summed E-state index contributed by atoms with van der Waals surface area (Å²) in [4.78, 5) is 4.37. The van der Waals surface area contributed by atoms with E-state index in [-0.39, 0.29) is 0 Å². The number of aryl methyl sites for hydroxylation is 2. The number of aromatic nitrogens is 1. The highest BCUT2D eigenvalue weighted by atomic mass is 16.5. The molecule has 2 unspecified atom stereocenters. The van der Waals surface area contributed by atoms with Crippen molar-refractivity contribution in [2.24, 2.45) is 0 Å². The summed E-state index contributed by atoms with van der Waals surface area (Å²) < 4.78 is 11.3. The average molecular weight is 238 g/mol. The van der Waals surface area contributed by atoms with Crippen molar-refractivity contribution >= 4 is 0 Å². The van der Waals surface area contributed by atoms with Crippen LogP contribution in [0.4, 0.5) is 0 Å². The van der Waals surface area contributed by atoms with Crippen LogP contribution in [0.15, 0.2) is 4.42 Å². The van der Waals surface area contributed by atoms with E-state index in [1.165, 1.54) is 0 Å². The fourth-order valence-corrected chi connectivity index (χ4v) is 2.42. The van der Waals surface area contributed by atoms with Gasteiger partial charge in [-0.15, -0.1) is 0 Å². The zero-order valence-electron chi connectivity index (χ0n) is 11.1. The minimum Gasteiger partial charge on any atom is -0.444 e. The Bertz CT molecular complexity index is 346. The Morgan fingerprint density at radius 3 is 2.41 bits per heavy atom. The van der Waals surface area contributed by atoms with Gasteiger partial charge in [-0.3, -0.25) is 0 Å². The van der Waals surface area contributed by atoms with Crippen LogP contribution in [0.1, 0.15) is 44.0 Å². The van der Waals surface area contributed by atoms with Crippen molar-refractivity contribution in [1.82, 2.24) is 10.3 Å². The van der Waals surface area contributed by atoms with E-state index in [0.717, 1.165) is 30.2 Å². The zero-order chi connectivity index (χ0) is 12.4. The molecule has 2 atom stereocenters. The molecule has 1 aliphatic rings. The highest BCUT2D eigenvalue weighted by Crippen LogP contribution is 2.19. The lowest BCUT2D eigenvalue weighted by Crippen LogP contribution is -2.41. The minimum absolute atomic E-state index is 0.337. The Balaban J connectivity index is 1.85. The first kappa shape index (κ1) is 12.6. The number of rotatable bonds is 3. The van der Waals surface area contributed by atoms with Crippen molar-refractivity contribution in [3.8, 4) is 0 Å². The van der Waals surface area contributed by atoms with Crippen molar-refractivity contribution in [1.29, 1.82) is 0 Å². The third kappa shape index (κ3) is 3.30. The lowest BCUT2D eigenvalue weighted by molar-refractivity contribution is -0.0425. The fourth-order valence-electron chi connectivity index (χ4n) is 2.42. The number of oxazole rings is 1. The van der Waals surface area contributed by atoms with Gasteiger partial charge in [0.05, 0.1) is 24.4 Å². The van der Waals surface area contributed by atoms with Gasteiger partial charge in [0.2, 0.25) is 5.89 Å². The van der Waals surface area contributed by atoms with Gasteiger partial charge in [0.1, 0.15) is 5.76 Å². The lowest BCUT2D eigenvalue weighted by Gasteiger charge is -2.32. The van der Waals surface area contributed by atoms with Crippen LogP contribution < -0.4 is 5.32 Å². The van der Waals surface area contributed by atoms with Crippen molar-refractivity contribution in [3.63, 3.8) is 0 Å². The first-order valence-electron chi connectivity index (χ1n) is 6.36. The number of nitrogens with zero attached hydrogens (tertiary/aromatic N) is 1. The Kier molecular flexibility index (Phi) is 3.84.